The van der Waals surface area contributed by atoms with Crippen LogP contribution in [0.25, 0.3) is 11.3 Å². The predicted octanol–water partition coefficient (Wildman–Crippen LogP) is 4.99. The van der Waals surface area contributed by atoms with Crippen LogP contribution in [0.2, 0.25) is 0 Å². The molecule has 2 aromatic rings. The number of nitrogens with one attached hydrogen (secondary N) is 1. The Labute approximate surface area is 133 Å². The fourth-order valence-electron chi connectivity index (χ4n) is 1.91. The molecule has 0 radical (unpaired) electrons. The van der Waals surface area contributed by atoms with Crippen LogP contribution in [0.4, 0.5) is 10.2 Å². The van der Waals surface area contributed by atoms with Gasteiger partial charge in [0, 0.05) is 24.1 Å². The Bertz CT molecular complexity index is 629. The minimum Gasteiger partial charge on any atom is -0.370 e. The van der Waals surface area contributed by atoms with Crippen LogP contribution in [0.1, 0.15) is 38.9 Å². The fraction of sp³-hybridized carbons (Fsp3) is 0.375. The first-order valence-corrected chi connectivity index (χ1v) is 7.89. The highest BCUT2D eigenvalue weighted by Gasteiger charge is 2.14. The van der Waals surface area contributed by atoms with Crippen LogP contribution in [0.3, 0.4) is 0 Å². The summed E-state index contributed by atoms with van der Waals surface area (Å²) in [6, 6.07) is 7.01. The van der Waals surface area contributed by atoms with Gasteiger partial charge < -0.3 is 5.32 Å². The van der Waals surface area contributed by atoms with Gasteiger partial charge >= 0.3 is 0 Å². The molecule has 5 heteroatoms. The number of nitrogens with zero attached hydrogens (tertiary/aromatic N) is 2. The SMILES string of the molecule is CCCNc1cc(-c2cccc(Br)c2F)nc(C(C)C)n1. The molecule has 1 aromatic carbocycles. The summed E-state index contributed by atoms with van der Waals surface area (Å²) >= 11 is 3.22. The molecule has 0 aliphatic rings. The van der Waals surface area contributed by atoms with Crippen LogP contribution in [-0.2, 0) is 0 Å². The summed E-state index contributed by atoms with van der Waals surface area (Å²) in [7, 11) is 0. The molecule has 2 rings (SSSR count). The quantitative estimate of drug-likeness (QED) is 0.824. The number of rotatable bonds is 5. The molecule has 0 unspecified atom stereocenters. The summed E-state index contributed by atoms with van der Waals surface area (Å²) in [4.78, 5) is 8.99. The molecular weight excluding hydrogens is 333 g/mol. The highest BCUT2D eigenvalue weighted by Crippen LogP contribution is 2.28. The molecule has 0 spiro atoms. The molecule has 0 saturated carbocycles. The van der Waals surface area contributed by atoms with Crippen molar-refractivity contribution in [3.8, 4) is 11.3 Å². The first-order chi connectivity index (χ1) is 10.0. The molecule has 1 N–H and O–H groups in total. The van der Waals surface area contributed by atoms with Gasteiger partial charge in [0.25, 0.3) is 0 Å². The van der Waals surface area contributed by atoms with Crippen LogP contribution in [0, 0.1) is 5.82 Å². The number of anilines is 1. The zero-order valence-electron chi connectivity index (χ0n) is 12.5. The monoisotopic (exact) mass is 351 g/mol. The number of hydrogen-bond acceptors (Lipinski definition) is 3. The Morgan fingerprint density at radius 1 is 1.29 bits per heavy atom. The zero-order chi connectivity index (χ0) is 15.4. The van der Waals surface area contributed by atoms with E-state index in [9.17, 15) is 4.39 Å². The van der Waals surface area contributed by atoms with Crippen molar-refractivity contribution in [1.82, 2.24) is 9.97 Å². The second-order valence-corrected chi connectivity index (χ2v) is 6.03. The first-order valence-electron chi connectivity index (χ1n) is 7.10. The Balaban J connectivity index is 2.51. The molecule has 0 aliphatic heterocycles. The average molecular weight is 352 g/mol. The van der Waals surface area contributed by atoms with Crippen LogP contribution < -0.4 is 5.32 Å². The van der Waals surface area contributed by atoms with Crippen molar-refractivity contribution in [2.24, 2.45) is 0 Å². The van der Waals surface area contributed by atoms with Gasteiger partial charge in [-0.3, -0.25) is 0 Å². The van der Waals surface area contributed by atoms with E-state index >= 15 is 0 Å². The number of aromatic nitrogens is 2. The van der Waals surface area contributed by atoms with E-state index in [-0.39, 0.29) is 11.7 Å². The second-order valence-electron chi connectivity index (χ2n) is 5.18. The Morgan fingerprint density at radius 2 is 2.05 bits per heavy atom. The van der Waals surface area contributed by atoms with Crippen molar-refractivity contribution in [3.63, 3.8) is 0 Å². The van der Waals surface area contributed by atoms with Crippen molar-refractivity contribution in [2.75, 3.05) is 11.9 Å². The van der Waals surface area contributed by atoms with Crippen molar-refractivity contribution in [1.29, 1.82) is 0 Å². The zero-order valence-corrected chi connectivity index (χ0v) is 14.0. The van der Waals surface area contributed by atoms with Gasteiger partial charge in [-0.05, 0) is 34.5 Å². The molecule has 0 atom stereocenters. The van der Waals surface area contributed by atoms with Crippen LogP contribution >= 0.6 is 15.9 Å². The van der Waals surface area contributed by atoms with E-state index in [2.05, 4.69) is 38.1 Å². The van der Waals surface area contributed by atoms with E-state index in [4.69, 9.17) is 0 Å². The van der Waals surface area contributed by atoms with Crippen LogP contribution in [0.15, 0.2) is 28.7 Å². The van der Waals surface area contributed by atoms with Crippen molar-refractivity contribution >= 4 is 21.7 Å². The summed E-state index contributed by atoms with van der Waals surface area (Å²) in [6.07, 6.45) is 1.00. The second kappa shape index (κ2) is 6.98. The highest BCUT2D eigenvalue weighted by atomic mass is 79.9. The summed E-state index contributed by atoms with van der Waals surface area (Å²) in [5.74, 6) is 1.34. The topological polar surface area (TPSA) is 37.8 Å². The lowest BCUT2D eigenvalue weighted by Gasteiger charge is -2.12. The van der Waals surface area contributed by atoms with Crippen LogP contribution in [0.5, 0.6) is 0 Å². The number of hydrogen-bond donors (Lipinski definition) is 1. The van der Waals surface area contributed by atoms with E-state index in [0.717, 1.165) is 18.8 Å². The molecule has 21 heavy (non-hydrogen) atoms. The lowest BCUT2D eigenvalue weighted by molar-refractivity contribution is 0.623. The molecule has 0 amide bonds. The van der Waals surface area contributed by atoms with Gasteiger partial charge in [-0.15, -0.1) is 0 Å². The predicted molar refractivity (Wildman–Crippen MR) is 88.0 cm³/mol. The third kappa shape index (κ3) is 3.79. The summed E-state index contributed by atoms with van der Waals surface area (Å²) in [5.41, 5.74) is 1.08. The van der Waals surface area contributed by atoms with E-state index < -0.39 is 0 Å². The minimum atomic E-state index is -0.299. The van der Waals surface area contributed by atoms with Crippen LogP contribution in [-0.4, -0.2) is 16.5 Å². The Hall–Kier alpha value is -1.49. The third-order valence-electron chi connectivity index (χ3n) is 3.04. The molecule has 0 saturated heterocycles. The lowest BCUT2D eigenvalue weighted by Crippen LogP contribution is -2.07. The average Bonchev–Trinajstić information content (AvgIpc) is 2.47. The normalized spacial score (nSPS) is 11.0. The molecule has 112 valence electrons. The van der Waals surface area contributed by atoms with E-state index in [1.165, 1.54) is 0 Å². The molecular formula is C16H19BrFN3. The molecule has 0 fully saturated rings. The minimum absolute atomic E-state index is 0.183. The van der Waals surface area contributed by atoms with Crippen molar-refractivity contribution < 1.29 is 4.39 Å². The van der Waals surface area contributed by atoms with Gasteiger partial charge in [0.15, 0.2) is 0 Å². The van der Waals surface area contributed by atoms with E-state index in [1.54, 1.807) is 24.3 Å². The smallest absolute Gasteiger partial charge is 0.146 e. The third-order valence-corrected chi connectivity index (χ3v) is 3.66. The number of halogens is 2. The highest BCUT2D eigenvalue weighted by molar-refractivity contribution is 9.10. The Morgan fingerprint density at radius 3 is 2.71 bits per heavy atom. The molecule has 0 aliphatic carbocycles. The van der Waals surface area contributed by atoms with Gasteiger partial charge in [-0.1, -0.05) is 26.8 Å². The van der Waals surface area contributed by atoms with E-state index in [1.807, 2.05) is 13.8 Å². The summed E-state index contributed by atoms with van der Waals surface area (Å²) < 4.78 is 14.7. The molecule has 3 nitrogen and oxygen atoms in total. The molecule has 1 aromatic heterocycles. The first kappa shape index (κ1) is 15.9. The summed E-state index contributed by atoms with van der Waals surface area (Å²) in [6.45, 7) is 6.97. The maximum atomic E-state index is 14.3. The molecule has 1 heterocycles. The van der Waals surface area contributed by atoms with E-state index in [0.29, 0.717) is 21.6 Å². The largest absolute Gasteiger partial charge is 0.370 e. The standard InChI is InChI=1S/C16H19BrFN3/c1-4-8-19-14-9-13(20-16(21-14)10(2)3)11-6-5-7-12(17)15(11)18/h5-7,9-10H,4,8H2,1-3H3,(H,19,20,21). The van der Waals surface area contributed by atoms with Gasteiger partial charge in [0.2, 0.25) is 0 Å². The summed E-state index contributed by atoms with van der Waals surface area (Å²) in [5, 5.41) is 3.25. The Kier molecular flexibility index (Phi) is 5.28. The van der Waals surface area contributed by atoms with Crippen molar-refractivity contribution in [3.05, 3.63) is 40.4 Å². The van der Waals surface area contributed by atoms with Crippen molar-refractivity contribution in [2.45, 2.75) is 33.1 Å². The molecule has 0 bridgehead atoms. The van der Waals surface area contributed by atoms with Gasteiger partial charge in [-0.25, -0.2) is 14.4 Å². The lowest BCUT2D eigenvalue weighted by atomic mass is 10.1. The maximum Gasteiger partial charge on any atom is 0.146 e. The van der Waals surface area contributed by atoms with Gasteiger partial charge in [-0.2, -0.15) is 0 Å². The number of benzene rings is 1. The maximum absolute atomic E-state index is 14.3. The van der Waals surface area contributed by atoms with Gasteiger partial charge in [0.05, 0.1) is 10.2 Å². The fourth-order valence-corrected chi connectivity index (χ4v) is 2.27. The van der Waals surface area contributed by atoms with Gasteiger partial charge in [0.1, 0.15) is 17.5 Å².